The molecule has 60 heavy (non-hydrogen) atoms. The van der Waals surface area contributed by atoms with Crippen LogP contribution in [0.25, 0.3) is 78.3 Å². The van der Waals surface area contributed by atoms with Crippen molar-refractivity contribution in [2.45, 2.75) is 39.0 Å². The zero-order valence-corrected chi connectivity index (χ0v) is 34.3. The van der Waals surface area contributed by atoms with Crippen LogP contribution in [0.2, 0.25) is 0 Å². The highest BCUT2D eigenvalue weighted by Gasteiger charge is 2.27. The fourth-order valence-corrected chi connectivity index (χ4v) is 8.72. The molecule has 0 aliphatic rings. The molecule has 0 spiro atoms. The van der Waals surface area contributed by atoms with Gasteiger partial charge in [0.05, 0.1) is 0 Å². The van der Waals surface area contributed by atoms with Crippen LogP contribution in [-0.2, 0) is 0 Å². The van der Waals surface area contributed by atoms with E-state index in [0.717, 1.165) is 34.4 Å². The molecule has 9 rings (SSSR count). The minimum absolute atomic E-state index is 0.340. The van der Waals surface area contributed by atoms with E-state index in [4.69, 9.17) is 20.7 Å². The third-order valence-electron chi connectivity index (χ3n) is 12.2. The quantitative estimate of drug-likeness (QED) is 0.133. The summed E-state index contributed by atoms with van der Waals surface area (Å²) in [5.41, 5.74) is 20.0. The molecule has 0 saturated heterocycles. The van der Waals surface area contributed by atoms with Gasteiger partial charge in [0.1, 0.15) is 0 Å². The topological polar surface area (TPSA) is 64.7 Å². The van der Waals surface area contributed by atoms with Crippen LogP contribution < -0.4 is 5.73 Å². The van der Waals surface area contributed by atoms with Crippen LogP contribution in [0.5, 0.6) is 0 Å². The lowest BCUT2D eigenvalue weighted by Gasteiger charge is -2.31. The van der Waals surface area contributed by atoms with Gasteiger partial charge in [-0.3, -0.25) is 0 Å². The Morgan fingerprint density at radius 1 is 0.400 bits per heavy atom. The molecule has 3 atom stereocenters. The second kappa shape index (κ2) is 17.0. The van der Waals surface area contributed by atoms with E-state index in [9.17, 15) is 0 Å². The summed E-state index contributed by atoms with van der Waals surface area (Å²) in [5, 5.41) is 2.43. The zero-order chi connectivity index (χ0) is 41.0. The Kier molecular flexibility index (Phi) is 10.8. The maximum atomic E-state index is 6.50. The molecule has 4 nitrogen and oxygen atoms in total. The molecule has 2 N–H and O–H groups in total. The number of nitrogen functional groups attached to an aromatic ring is 1. The summed E-state index contributed by atoms with van der Waals surface area (Å²) in [6.45, 7) is 6.97. The molecular formula is C56H48N4. The summed E-state index contributed by atoms with van der Waals surface area (Å²) in [5.74, 6) is 3.16. The van der Waals surface area contributed by atoms with Crippen LogP contribution in [0.4, 0.5) is 5.69 Å². The SMILES string of the molecule is CCC(C)C(c1ccccc1N)C(C)c1ccc(-c2ccc(-c3cccc4c(-c5ccc(-c6nc(-c7ccccc7)nc(-c7ccccc7)n6)cc5)cccc34)cc2)cc1. The van der Waals surface area contributed by atoms with E-state index in [0.29, 0.717) is 35.2 Å². The highest BCUT2D eigenvalue weighted by atomic mass is 15.0. The van der Waals surface area contributed by atoms with Crippen LogP contribution in [-0.4, -0.2) is 15.0 Å². The Bertz CT molecular complexity index is 2810. The average molecular weight is 777 g/mol. The fraction of sp³-hybridized carbons (Fsp3) is 0.125. The first-order valence-electron chi connectivity index (χ1n) is 21.0. The van der Waals surface area contributed by atoms with Crippen molar-refractivity contribution in [2.75, 3.05) is 5.73 Å². The van der Waals surface area contributed by atoms with Crippen molar-refractivity contribution in [2.24, 2.45) is 5.92 Å². The van der Waals surface area contributed by atoms with Crippen molar-refractivity contribution in [1.82, 2.24) is 15.0 Å². The number of nitrogens with two attached hydrogens (primary N) is 1. The van der Waals surface area contributed by atoms with Crippen molar-refractivity contribution in [3.05, 3.63) is 205 Å². The first kappa shape index (κ1) is 38.4. The van der Waals surface area contributed by atoms with Crippen molar-refractivity contribution in [3.8, 4) is 67.5 Å². The van der Waals surface area contributed by atoms with Gasteiger partial charge >= 0.3 is 0 Å². The summed E-state index contributed by atoms with van der Waals surface area (Å²) in [6.07, 6.45) is 1.11. The Morgan fingerprint density at radius 3 is 1.27 bits per heavy atom. The van der Waals surface area contributed by atoms with Crippen molar-refractivity contribution < 1.29 is 0 Å². The van der Waals surface area contributed by atoms with Crippen molar-refractivity contribution in [1.29, 1.82) is 0 Å². The fourth-order valence-electron chi connectivity index (χ4n) is 8.72. The minimum Gasteiger partial charge on any atom is -0.398 e. The summed E-state index contributed by atoms with van der Waals surface area (Å²) in [6, 6.07) is 68.5. The molecule has 0 bridgehead atoms. The van der Waals surface area contributed by atoms with E-state index in [1.54, 1.807) is 0 Å². The molecule has 3 unspecified atom stereocenters. The maximum Gasteiger partial charge on any atom is 0.164 e. The molecule has 1 aromatic heterocycles. The van der Waals surface area contributed by atoms with Gasteiger partial charge in [0.15, 0.2) is 17.5 Å². The predicted molar refractivity (Wildman–Crippen MR) is 251 cm³/mol. The molecule has 1 heterocycles. The molecule has 8 aromatic carbocycles. The number of benzene rings is 8. The van der Waals surface area contributed by atoms with Gasteiger partial charge < -0.3 is 5.73 Å². The van der Waals surface area contributed by atoms with Gasteiger partial charge in [0, 0.05) is 22.4 Å². The molecule has 0 aliphatic heterocycles. The Morgan fingerprint density at radius 2 is 0.800 bits per heavy atom. The lowest BCUT2D eigenvalue weighted by atomic mass is 9.74. The van der Waals surface area contributed by atoms with Crippen molar-refractivity contribution in [3.63, 3.8) is 0 Å². The Labute approximate surface area is 353 Å². The third-order valence-corrected chi connectivity index (χ3v) is 12.2. The van der Waals surface area contributed by atoms with Gasteiger partial charge in [-0.15, -0.1) is 0 Å². The van der Waals surface area contributed by atoms with Gasteiger partial charge in [-0.2, -0.15) is 0 Å². The molecule has 0 radical (unpaired) electrons. The number of anilines is 1. The average Bonchev–Trinajstić information content (AvgIpc) is 3.32. The first-order chi connectivity index (χ1) is 29.4. The van der Waals surface area contributed by atoms with Crippen LogP contribution in [0.3, 0.4) is 0 Å². The molecule has 0 aliphatic carbocycles. The van der Waals surface area contributed by atoms with Gasteiger partial charge in [0.2, 0.25) is 0 Å². The standard InChI is InChI=1S/C56H48N4/c1-4-37(2)53(51-19-11-12-24-52(51)57)38(3)39-25-27-40(28-26-39)41-29-31-42(32-30-41)47-20-13-23-50-48(21-14-22-49(47)50)43-33-35-46(36-34-43)56-59-54(44-15-7-5-8-16-44)58-55(60-56)45-17-9-6-10-18-45/h5-38,53H,4,57H2,1-3H3. The highest BCUT2D eigenvalue weighted by Crippen LogP contribution is 2.43. The number of aromatic nitrogens is 3. The van der Waals surface area contributed by atoms with E-state index in [1.165, 1.54) is 49.7 Å². The van der Waals surface area contributed by atoms with E-state index >= 15 is 0 Å². The van der Waals surface area contributed by atoms with Crippen molar-refractivity contribution >= 4 is 16.5 Å². The van der Waals surface area contributed by atoms with E-state index < -0.39 is 0 Å². The van der Waals surface area contributed by atoms with Crippen LogP contribution in [0, 0.1) is 5.92 Å². The van der Waals surface area contributed by atoms with Gasteiger partial charge in [-0.25, -0.2) is 15.0 Å². The Balaban J connectivity index is 0.977. The summed E-state index contributed by atoms with van der Waals surface area (Å²) in [4.78, 5) is 14.7. The second-order valence-electron chi connectivity index (χ2n) is 15.9. The number of para-hydroxylation sites is 1. The van der Waals surface area contributed by atoms with Crippen LogP contribution >= 0.6 is 0 Å². The molecule has 0 fully saturated rings. The van der Waals surface area contributed by atoms with Gasteiger partial charge in [0.25, 0.3) is 0 Å². The summed E-state index contributed by atoms with van der Waals surface area (Å²) in [7, 11) is 0. The second-order valence-corrected chi connectivity index (χ2v) is 15.9. The number of fused-ring (bicyclic) bond motifs is 1. The lowest BCUT2D eigenvalue weighted by molar-refractivity contribution is 0.398. The van der Waals surface area contributed by atoms with Gasteiger partial charge in [-0.05, 0) is 79.1 Å². The smallest absolute Gasteiger partial charge is 0.164 e. The zero-order valence-electron chi connectivity index (χ0n) is 34.3. The predicted octanol–water partition coefficient (Wildman–Crippen LogP) is 14.5. The van der Waals surface area contributed by atoms with E-state index in [2.05, 4.69) is 142 Å². The third kappa shape index (κ3) is 7.72. The number of rotatable bonds is 11. The summed E-state index contributed by atoms with van der Waals surface area (Å²) < 4.78 is 0. The van der Waals surface area contributed by atoms with E-state index in [-0.39, 0.29) is 0 Å². The molecule has 0 saturated carbocycles. The largest absolute Gasteiger partial charge is 0.398 e. The summed E-state index contributed by atoms with van der Waals surface area (Å²) >= 11 is 0. The number of hydrogen-bond donors (Lipinski definition) is 1. The highest BCUT2D eigenvalue weighted by molar-refractivity contribution is 6.04. The molecule has 0 amide bonds. The molecular weight excluding hydrogens is 729 g/mol. The lowest BCUT2D eigenvalue weighted by Crippen LogP contribution is -2.17. The normalized spacial score (nSPS) is 12.8. The van der Waals surface area contributed by atoms with E-state index in [1.807, 2.05) is 72.8 Å². The first-order valence-corrected chi connectivity index (χ1v) is 21.0. The van der Waals surface area contributed by atoms with Gasteiger partial charge in [-0.1, -0.05) is 215 Å². The molecule has 292 valence electrons. The Hall–Kier alpha value is -7.17. The number of nitrogens with zero attached hydrogens (tertiary/aromatic N) is 3. The van der Waals surface area contributed by atoms with Crippen LogP contribution in [0.15, 0.2) is 194 Å². The monoisotopic (exact) mass is 776 g/mol. The minimum atomic E-state index is 0.340. The molecule has 4 heteroatoms. The number of hydrogen-bond acceptors (Lipinski definition) is 4. The van der Waals surface area contributed by atoms with Crippen LogP contribution in [0.1, 0.15) is 50.2 Å². The molecule has 9 aromatic rings. The maximum absolute atomic E-state index is 6.50.